The van der Waals surface area contributed by atoms with Crippen LogP contribution in [-0.4, -0.2) is 37.5 Å². The summed E-state index contributed by atoms with van der Waals surface area (Å²) >= 11 is 0. The van der Waals surface area contributed by atoms with Crippen LogP contribution in [0.15, 0.2) is 30.3 Å². The Morgan fingerprint density at radius 2 is 2.29 bits per heavy atom. The Labute approximate surface area is 126 Å². The Balaban J connectivity index is 1.79. The van der Waals surface area contributed by atoms with Crippen LogP contribution in [0.25, 0.3) is 10.9 Å². The smallest absolute Gasteiger partial charge is 0.0754 e. The fraction of sp³-hybridized carbons (Fsp3) is 0.529. The van der Waals surface area contributed by atoms with Crippen molar-refractivity contribution in [3.8, 4) is 0 Å². The summed E-state index contributed by atoms with van der Waals surface area (Å²) < 4.78 is 13.3. The van der Waals surface area contributed by atoms with Crippen molar-refractivity contribution in [3.63, 3.8) is 0 Å². The Kier molecular flexibility index (Phi) is 4.91. The predicted octanol–water partition coefficient (Wildman–Crippen LogP) is 2.56. The van der Waals surface area contributed by atoms with Gasteiger partial charge in [0.2, 0.25) is 0 Å². The van der Waals surface area contributed by atoms with Crippen LogP contribution in [0, 0.1) is 0 Å². The van der Waals surface area contributed by atoms with E-state index in [0.717, 1.165) is 32.8 Å². The fourth-order valence-corrected chi connectivity index (χ4v) is 3.01. The van der Waals surface area contributed by atoms with E-state index in [0.29, 0.717) is 6.10 Å². The number of para-hydroxylation sites is 1. The molecule has 1 N–H and O–H groups in total. The zero-order chi connectivity index (χ0) is 14.5. The second kappa shape index (κ2) is 7.07. The summed E-state index contributed by atoms with van der Waals surface area (Å²) in [7, 11) is 1.73. The third-order valence-corrected chi connectivity index (χ3v) is 4.10. The zero-order valence-corrected chi connectivity index (χ0v) is 12.7. The number of nitrogens with one attached hydrogen (secondary N) is 1. The van der Waals surface area contributed by atoms with E-state index in [1.807, 2.05) is 0 Å². The maximum atomic E-state index is 5.81. The summed E-state index contributed by atoms with van der Waals surface area (Å²) in [5.74, 6) is 0. The maximum Gasteiger partial charge on any atom is 0.0754 e. The van der Waals surface area contributed by atoms with Crippen LogP contribution in [0.4, 0.5) is 0 Å². The third-order valence-electron chi connectivity index (χ3n) is 4.10. The average molecular weight is 288 g/mol. The molecule has 0 saturated carbocycles. The van der Waals surface area contributed by atoms with E-state index in [2.05, 4.69) is 40.2 Å². The first-order chi connectivity index (χ1) is 10.4. The highest BCUT2D eigenvalue weighted by Crippen LogP contribution is 2.23. The van der Waals surface area contributed by atoms with Gasteiger partial charge in [0.1, 0.15) is 0 Å². The molecule has 2 aromatic rings. The van der Waals surface area contributed by atoms with Gasteiger partial charge in [-0.05, 0) is 30.4 Å². The second-order valence-corrected chi connectivity index (χ2v) is 5.61. The van der Waals surface area contributed by atoms with Crippen molar-refractivity contribution in [3.05, 3.63) is 36.0 Å². The number of aromatic nitrogens is 1. The van der Waals surface area contributed by atoms with Gasteiger partial charge in [0.05, 0.1) is 12.7 Å². The van der Waals surface area contributed by atoms with Gasteiger partial charge in [-0.3, -0.25) is 0 Å². The Morgan fingerprint density at radius 1 is 1.38 bits per heavy atom. The van der Waals surface area contributed by atoms with Gasteiger partial charge in [-0.25, -0.2) is 0 Å². The lowest BCUT2D eigenvalue weighted by atomic mass is 10.2. The van der Waals surface area contributed by atoms with Crippen molar-refractivity contribution in [1.29, 1.82) is 0 Å². The number of ether oxygens (including phenoxy) is 2. The van der Waals surface area contributed by atoms with Crippen LogP contribution in [0.5, 0.6) is 0 Å². The highest BCUT2D eigenvalue weighted by molar-refractivity contribution is 5.81. The van der Waals surface area contributed by atoms with Crippen molar-refractivity contribution in [2.24, 2.45) is 0 Å². The molecule has 0 radical (unpaired) electrons. The third kappa shape index (κ3) is 3.46. The molecule has 1 aromatic carbocycles. The molecule has 114 valence electrons. The molecule has 0 bridgehead atoms. The molecular formula is C17H24N2O2. The normalized spacial score (nSPS) is 18.6. The molecule has 1 aromatic heterocycles. The van der Waals surface area contributed by atoms with Crippen LogP contribution in [0.1, 0.15) is 18.5 Å². The lowest BCUT2D eigenvalue weighted by molar-refractivity contribution is 0.0973. The van der Waals surface area contributed by atoms with Crippen LogP contribution >= 0.6 is 0 Å². The standard InChI is InChI=1S/C17H24N2O2/c1-20-10-8-18-12-15-11-14-5-2-3-7-17(14)19(15)13-16-6-4-9-21-16/h2-3,5,7,11,16,18H,4,6,8-10,12-13H2,1H3. The lowest BCUT2D eigenvalue weighted by Crippen LogP contribution is -2.22. The number of hydrogen-bond donors (Lipinski definition) is 1. The van der Waals surface area contributed by atoms with Crippen molar-refractivity contribution >= 4 is 10.9 Å². The minimum atomic E-state index is 0.360. The van der Waals surface area contributed by atoms with E-state index < -0.39 is 0 Å². The van der Waals surface area contributed by atoms with E-state index >= 15 is 0 Å². The number of nitrogens with zero attached hydrogens (tertiary/aromatic N) is 1. The van der Waals surface area contributed by atoms with Gasteiger partial charge in [-0.1, -0.05) is 18.2 Å². The van der Waals surface area contributed by atoms with Crippen LogP contribution in [-0.2, 0) is 22.6 Å². The zero-order valence-electron chi connectivity index (χ0n) is 12.7. The molecule has 1 atom stereocenters. The molecule has 1 unspecified atom stereocenters. The lowest BCUT2D eigenvalue weighted by Gasteiger charge is -2.15. The Hall–Kier alpha value is -1.36. The van der Waals surface area contributed by atoms with E-state index in [4.69, 9.17) is 9.47 Å². The topological polar surface area (TPSA) is 35.4 Å². The van der Waals surface area contributed by atoms with E-state index in [1.54, 1.807) is 7.11 Å². The van der Waals surface area contributed by atoms with E-state index in [9.17, 15) is 0 Å². The molecule has 1 saturated heterocycles. The van der Waals surface area contributed by atoms with Gasteiger partial charge < -0.3 is 19.4 Å². The first-order valence-electron chi connectivity index (χ1n) is 7.77. The van der Waals surface area contributed by atoms with Crippen molar-refractivity contribution < 1.29 is 9.47 Å². The molecule has 0 amide bonds. The summed E-state index contributed by atoms with van der Waals surface area (Å²) in [6.45, 7) is 4.34. The summed E-state index contributed by atoms with van der Waals surface area (Å²) in [5.41, 5.74) is 2.62. The van der Waals surface area contributed by atoms with E-state index in [1.165, 1.54) is 29.4 Å². The summed E-state index contributed by atoms with van der Waals surface area (Å²) in [5, 5.41) is 4.75. The van der Waals surface area contributed by atoms with Crippen molar-refractivity contribution in [2.45, 2.75) is 32.0 Å². The number of hydrogen-bond acceptors (Lipinski definition) is 3. The Bertz CT molecular complexity index is 573. The minimum Gasteiger partial charge on any atom is -0.383 e. The predicted molar refractivity (Wildman–Crippen MR) is 84.5 cm³/mol. The molecule has 1 aliphatic heterocycles. The largest absolute Gasteiger partial charge is 0.383 e. The second-order valence-electron chi connectivity index (χ2n) is 5.61. The Morgan fingerprint density at radius 3 is 3.10 bits per heavy atom. The highest BCUT2D eigenvalue weighted by Gasteiger charge is 2.18. The van der Waals surface area contributed by atoms with Gasteiger partial charge in [-0.15, -0.1) is 0 Å². The van der Waals surface area contributed by atoms with Crippen molar-refractivity contribution in [1.82, 2.24) is 9.88 Å². The summed E-state index contributed by atoms with van der Waals surface area (Å²) in [4.78, 5) is 0. The molecule has 21 heavy (non-hydrogen) atoms. The van der Waals surface area contributed by atoms with E-state index in [-0.39, 0.29) is 0 Å². The van der Waals surface area contributed by atoms with Crippen molar-refractivity contribution in [2.75, 3.05) is 26.9 Å². The van der Waals surface area contributed by atoms with Gasteiger partial charge in [0.15, 0.2) is 0 Å². The summed E-state index contributed by atoms with van der Waals surface area (Å²) in [6.07, 6.45) is 2.72. The van der Waals surface area contributed by atoms with Crippen LogP contribution in [0.3, 0.4) is 0 Å². The fourth-order valence-electron chi connectivity index (χ4n) is 3.01. The minimum absolute atomic E-state index is 0.360. The van der Waals surface area contributed by atoms with Gasteiger partial charge in [0.25, 0.3) is 0 Å². The quantitative estimate of drug-likeness (QED) is 0.795. The number of benzene rings is 1. The molecular weight excluding hydrogens is 264 g/mol. The SMILES string of the molecule is COCCNCc1cc2ccccc2n1CC1CCCO1. The molecule has 1 fully saturated rings. The first kappa shape index (κ1) is 14.6. The molecule has 1 aliphatic rings. The molecule has 0 aliphatic carbocycles. The van der Waals surface area contributed by atoms with Gasteiger partial charge in [0, 0.05) is 44.6 Å². The molecule has 0 spiro atoms. The molecule has 4 heteroatoms. The monoisotopic (exact) mass is 288 g/mol. The van der Waals surface area contributed by atoms with Crippen LogP contribution in [0.2, 0.25) is 0 Å². The van der Waals surface area contributed by atoms with Gasteiger partial charge >= 0.3 is 0 Å². The number of rotatable bonds is 7. The van der Waals surface area contributed by atoms with Crippen LogP contribution < -0.4 is 5.32 Å². The molecule has 3 rings (SSSR count). The average Bonchev–Trinajstić information content (AvgIpc) is 3.13. The van der Waals surface area contributed by atoms with Gasteiger partial charge in [-0.2, -0.15) is 0 Å². The molecule has 4 nitrogen and oxygen atoms in total. The molecule has 2 heterocycles. The number of fused-ring (bicyclic) bond motifs is 1. The first-order valence-corrected chi connectivity index (χ1v) is 7.77. The summed E-state index contributed by atoms with van der Waals surface area (Å²) in [6, 6.07) is 10.9. The highest BCUT2D eigenvalue weighted by atomic mass is 16.5. The number of methoxy groups -OCH3 is 1. The maximum absolute atomic E-state index is 5.81.